The molecule has 4 rings (SSSR count). The van der Waals surface area contributed by atoms with Crippen LogP contribution in [0, 0.1) is 18.6 Å². The van der Waals surface area contributed by atoms with Crippen LogP contribution in [-0.4, -0.2) is 6.61 Å². The van der Waals surface area contributed by atoms with Gasteiger partial charge in [0.2, 0.25) is 0 Å². The topological polar surface area (TPSA) is 21.3 Å². The van der Waals surface area contributed by atoms with Crippen LogP contribution in [0.5, 0.6) is 5.75 Å². The van der Waals surface area contributed by atoms with Crippen molar-refractivity contribution in [1.29, 1.82) is 0 Å². The van der Waals surface area contributed by atoms with Crippen molar-refractivity contribution in [2.45, 2.75) is 39.2 Å². The van der Waals surface area contributed by atoms with Gasteiger partial charge < -0.3 is 10.1 Å². The number of halogens is 4. The summed E-state index contributed by atoms with van der Waals surface area (Å²) < 4.78 is 62.1. The number of fused-ring (bicyclic) bond motifs is 1. The molecule has 2 nitrogen and oxygen atoms in total. The molecule has 3 aromatic carbocycles. The minimum absolute atomic E-state index is 0.00173. The van der Waals surface area contributed by atoms with Crippen molar-refractivity contribution in [3.05, 3.63) is 82.4 Å². The Labute approximate surface area is 178 Å². The minimum atomic E-state index is -2.92. The van der Waals surface area contributed by atoms with Crippen molar-refractivity contribution >= 4 is 5.69 Å². The molecule has 0 aliphatic carbocycles. The Hall–Kier alpha value is -3.02. The minimum Gasteiger partial charge on any atom is -0.493 e. The quantitative estimate of drug-likeness (QED) is 0.442. The molecular formula is C25H23F4NO. The molecule has 0 saturated carbocycles. The molecule has 1 aliphatic rings. The first-order valence-corrected chi connectivity index (χ1v) is 10.3. The Kier molecular flexibility index (Phi) is 5.65. The summed E-state index contributed by atoms with van der Waals surface area (Å²) in [6.07, 6.45) is 0.331. The van der Waals surface area contributed by atoms with Gasteiger partial charge in [-0.05, 0) is 72.0 Å². The lowest BCUT2D eigenvalue weighted by atomic mass is 9.91. The van der Waals surface area contributed by atoms with E-state index < -0.39 is 17.6 Å². The lowest BCUT2D eigenvalue weighted by molar-refractivity contribution is -0.0404. The number of nitrogens with one attached hydrogen (secondary N) is 1. The number of ether oxygens (including phenoxy) is 1. The number of anilines is 1. The van der Waals surface area contributed by atoms with Gasteiger partial charge in [0.25, 0.3) is 5.92 Å². The molecule has 0 amide bonds. The Bertz CT molecular complexity index is 1110. The summed E-state index contributed by atoms with van der Waals surface area (Å²) in [5, 5.41) is 3.10. The zero-order valence-electron chi connectivity index (χ0n) is 17.4. The van der Waals surface area contributed by atoms with Crippen LogP contribution in [0.2, 0.25) is 0 Å². The molecule has 31 heavy (non-hydrogen) atoms. The largest absolute Gasteiger partial charge is 0.493 e. The van der Waals surface area contributed by atoms with Crippen molar-refractivity contribution in [2.24, 2.45) is 0 Å². The summed E-state index contributed by atoms with van der Waals surface area (Å²) in [4.78, 5) is 0. The fourth-order valence-electron chi connectivity index (χ4n) is 3.93. The standard InChI is InChI=1S/C25H23F4NO/c1-3-16-12-17(7-8-23(16)30-14-19-21(26)5-4-6-22(19)27)18-13-20-24(11-15(18)2)31-10-9-25(20,28)29/h4-8,11-13,30H,3,9-10,14H2,1-2H3. The Balaban J connectivity index is 1.66. The number of rotatable bonds is 5. The monoisotopic (exact) mass is 429 g/mol. The van der Waals surface area contributed by atoms with E-state index in [0.29, 0.717) is 12.0 Å². The molecule has 1 heterocycles. The van der Waals surface area contributed by atoms with Crippen LogP contribution in [0.4, 0.5) is 23.2 Å². The number of alkyl halides is 2. The third-order valence-electron chi connectivity index (χ3n) is 5.71. The third kappa shape index (κ3) is 4.11. The highest BCUT2D eigenvalue weighted by Gasteiger charge is 2.38. The predicted molar refractivity (Wildman–Crippen MR) is 114 cm³/mol. The fraction of sp³-hybridized carbons (Fsp3) is 0.280. The van der Waals surface area contributed by atoms with Gasteiger partial charge in [-0.15, -0.1) is 0 Å². The number of aryl methyl sites for hydroxylation is 2. The van der Waals surface area contributed by atoms with Crippen molar-refractivity contribution in [3.8, 4) is 16.9 Å². The molecule has 0 aromatic heterocycles. The van der Waals surface area contributed by atoms with E-state index in [4.69, 9.17) is 4.74 Å². The molecule has 0 unspecified atom stereocenters. The average Bonchev–Trinajstić information content (AvgIpc) is 2.73. The molecule has 1 aliphatic heterocycles. The van der Waals surface area contributed by atoms with Gasteiger partial charge in [0.05, 0.1) is 18.6 Å². The van der Waals surface area contributed by atoms with Gasteiger partial charge in [-0.1, -0.05) is 19.1 Å². The summed E-state index contributed by atoms with van der Waals surface area (Å²) >= 11 is 0. The highest BCUT2D eigenvalue weighted by Crippen LogP contribution is 2.44. The summed E-state index contributed by atoms with van der Waals surface area (Å²) in [6, 6.07) is 12.5. The van der Waals surface area contributed by atoms with Gasteiger partial charge in [-0.25, -0.2) is 17.6 Å². The molecule has 1 N–H and O–H groups in total. The second-order valence-corrected chi connectivity index (χ2v) is 7.75. The SMILES string of the molecule is CCc1cc(-c2cc3c(cc2C)OCCC3(F)F)ccc1NCc1c(F)cccc1F. The lowest BCUT2D eigenvalue weighted by Crippen LogP contribution is -2.24. The zero-order valence-corrected chi connectivity index (χ0v) is 17.4. The molecule has 0 spiro atoms. The maximum atomic E-state index is 14.4. The zero-order chi connectivity index (χ0) is 22.2. The second kappa shape index (κ2) is 8.25. The molecule has 0 fully saturated rings. The van der Waals surface area contributed by atoms with Gasteiger partial charge >= 0.3 is 0 Å². The molecule has 0 radical (unpaired) electrons. The summed E-state index contributed by atoms with van der Waals surface area (Å²) in [5.74, 6) is -3.89. The molecular weight excluding hydrogens is 406 g/mol. The first-order chi connectivity index (χ1) is 14.8. The molecule has 0 bridgehead atoms. The molecule has 162 valence electrons. The Morgan fingerprint density at radius 3 is 2.48 bits per heavy atom. The van der Waals surface area contributed by atoms with Crippen LogP contribution < -0.4 is 10.1 Å². The van der Waals surface area contributed by atoms with Crippen molar-refractivity contribution in [3.63, 3.8) is 0 Å². The number of benzene rings is 3. The van der Waals surface area contributed by atoms with Gasteiger partial charge in [0.15, 0.2) is 0 Å². The molecule has 0 saturated heterocycles. The van der Waals surface area contributed by atoms with E-state index in [9.17, 15) is 17.6 Å². The molecule has 0 atom stereocenters. The average molecular weight is 429 g/mol. The highest BCUT2D eigenvalue weighted by molar-refractivity contribution is 5.73. The van der Waals surface area contributed by atoms with E-state index in [1.165, 1.54) is 24.3 Å². The van der Waals surface area contributed by atoms with Crippen LogP contribution in [0.15, 0.2) is 48.5 Å². The maximum Gasteiger partial charge on any atom is 0.280 e. The lowest BCUT2D eigenvalue weighted by Gasteiger charge is -2.27. The smallest absolute Gasteiger partial charge is 0.280 e. The molecule has 3 aromatic rings. The number of hydrogen-bond donors (Lipinski definition) is 1. The Morgan fingerprint density at radius 1 is 1.03 bits per heavy atom. The summed E-state index contributed by atoms with van der Waals surface area (Å²) in [5.41, 5.74) is 3.92. The number of hydrogen-bond acceptors (Lipinski definition) is 2. The van der Waals surface area contributed by atoms with E-state index in [2.05, 4.69) is 5.32 Å². The van der Waals surface area contributed by atoms with Crippen LogP contribution in [0.1, 0.15) is 35.6 Å². The van der Waals surface area contributed by atoms with Crippen LogP contribution in [0.25, 0.3) is 11.1 Å². The fourth-order valence-corrected chi connectivity index (χ4v) is 3.93. The van der Waals surface area contributed by atoms with Crippen LogP contribution in [-0.2, 0) is 18.9 Å². The Morgan fingerprint density at radius 2 is 1.77 bits per heavy atom. The van der Waals surface area contributed by atoms with E-state index in [1.54, 1.807) is 6.07 Å². The first kappa shape index (κ1) is 21.2. The normalized spacial score (nSPS) is 14.6. The van der Waals surface area contributed by atoms with Crippen LogP contribution >= 0.6 is 0 Å². The third-order valence-corrected chi connectivity index (χ3v) is 5.71. The maximum absolute atomic E-state index is 14.4. The van der Waals surface area contributed by atoms with E-state index in [0.717, 1.165) is 22.4 Å². The van der Waals surface area contributed by atoms with Crippen molar-refractivity contribution in [1.82, 2.24) is 0 Å². The highest BCUT2D eigenvalue weighted by atomic mass is 19.3. The van der Waals surface area contributed by atoms with Gasteiger partial charge in [0, 0.05) is 17.8 Å². The van der Waals surface area contributed by atoms with Gasteiger partial charge in [0.1, 0.15) is 17.4 Å². The predicted octanol–water partition coefficient (Wildman–Crippen LogP) is 6.99. The van der Waals surface area contributed by atoms with Crippen LogP contribution in [0.3, 0.4) is 0 Å². The molecule has 6 heteroatoms. The van der Waals surface area contributed by atoms with Crippen molar-refractivity contribution < 1.29 is 22.3 Å². The van der Waals surface area contributed by atoms with Gasteiger partial charge in [-0.2, -0.15) is 0 Å². The van der Waals surface area contributed by atoms with E-state index in [-0.39, 0.29) is 36.4 Å². The summed E-state index contributed by atoms with van der Waals surface area (Å²) in [6.45, 7) is 3.84. The second-order valence-electron chi connectivity index (χ2n) is 7.75. The van der Waals surface area contributed by atoms with Gasteiger partial charge in [-0.3, -0.25) is 0 Å². The van der Waals surface area contributed by atoms with Crippen molar-refractivity contribution in [2.75, 3.05) is 11.9 Å². The van der Waals surface area contributed by atoms with E-state index in [1.807, 2.05) is 32.0 Å². The summed E-state index contributed by atoms with van der Waals surface area (Å²) in [7, 11) is 0. The van der Waals surface area contributed by atoms with E-state index >= 15 is 0 Å². The first-order valence-electron chi connectivity index (χ1n) is 10.3.